The smallest absolute Gasteiger partial charge is 0.310 e. The molecule has 2 rings (SSSR count). The fraction of sp³-hybridized carbons (Fsp3) is 0.440. The first-order chi connectivity index (χ1) is 15.3. The molecule has 0 heterocycles. The Kier molecular flexibility index (Phi) is 10.0. The molecule has 1 atom stereocenters. The van der Waals surface area contributed by atoms with Gasteiger partial charge in [-0.25, -0.2) is 0 Å². The maximum absolute atomic E-state index is 12.3. The van der Waals surface area contributed by atoms with E-state index in [1.54, 1.807) is 25.1 Å². The number of esters is 1. The average molecular weight is 443 g/mol. The molecule has 0 saturated heterocycles. The highest BCUT2D eigenvalue weighted by Crippen LogP contribution is 2.29. The van der Waals surface area contributed by atoms with Crippen molar-refractivity contribution in [1.82, 2.24) is 5.32 Å². The summed E-state index contributed by atoms with van der Waals surface area (Å²) in [6.07, 6.45) is 1.11. The van der Waals surface area contributed by atoms with E-state index in [-0.39, 0.29) is 25.4 Å². The molecule has 0 radical (unpaired) electrons. The van der Waals surface area contributed by atoms with Crippen molar-refractivity contribution in [2.75, 3.05) is 20.3 Å². The molecule has 0 bridgehead atoms. The number of nitrogens with two attached hydrogens (primary N) is 1. The molecule has 2 aromatic rings. The van der Waals surface area contributed by atoms with E-state index < -0.39 is 12.2 Å². The second-order valence-electron chi connectivity index (χ2n) is 7.70. The van der Waals surface area contributed by atoms with Crippen molar-refractivity contribution in [3.05, 3.63) is 58.7 Å². The van der Waals surface area contributed by atoms with Crippen LogP contribution in [0.15, 0.2) is 36.4 Å². The van der Waals surface area contributed by atoms with Gasteiger partial charge in [0, 0.05) is 6.54 Å². The van der Waals surface area contributed by atoms with Crippen LogP contribution in [0.1, 0.15) is 42.0 Å². The summed E-state index contributed by atoms with van der Waals surface area (Å²) in [5.41, 5.74) is 10.5. The highest BCUT2D eigenvalue weighted by Gasteiger charge is 2.15. The summed E-state index contributed by atoms with van der Waals surface area (Å²) in [6, 6.07) is 11.7. The van der Waals surface area contributed by atoms with E-state index >= 15 is 0 Å². The summed E-state index contributed by atoms with van der Waals surface area (Å²) in [7, 11) is 1.51. The molecule has 3 N–H and O–H groups in total. The Hall–Kier alpha value is -3.06. The van der Waals surface area contributed by atoms with Crippen LogP contribution in [0.2, 0.25) is 0 Å². The SMILES string of the molecule is CCOC(=O)CC(N)Oc1ccc(CC(=O)NCCCc2ccc(C)c(C)c2)cc1OC. The van der Waals surface area contributed by atoms with E-state index in [4.69, 9.17) is 19.9 Å². The predicted octanol–water partition coefficient (Wildman–Crippen LogP) is 3.22. The topological polar surface area (TPSA) is 99.9 Å². The number of amides is 1. The number of hydrogen-bond donors (Lipinski definition) is 2. The molecule has 0 spiro atoms. The zero-order valence-electron chi connectivity index (χ0n) is 19.4. The van der Waals surface area contributed by atoms with Gasteiger partial charge in [0.05, 0.1) is 26.6 Å². The molecule has 0 aliphatic heterocycles. The molecule has 7 nitrogen and oxygen atoms in total. The third-order valence-electron chi connectivity index (χ3n) is 5.08. The molecule has 0 saturated carbocycles. The lowest BCUT2D eigenvalue weighted by Gasteiger charge is -2.17. The first kappa shape index (κ1) is 25.2. The number of benzene rings is 2. The number of rotatable bonds is 12. The number of aryl methyl sites for hydroxylation is 3. The van der Waals surface area contributed by atoms with E-state index in [9.17, 15) is 9.59 Å². The van der Waals surface area contributed by atoms with Crippen LogP contribution in [0, 0.1) is 13.8 Å². The van der Waals surface area contributed by atoms with E-state index in [1.807, 2.05) is 0 Å². The summed E-state index contributed by atoms with van der Waals surface area (Å²) < 4.78 is 15.8. The summed E-state index contributed by atoms with van der Waals surface area (Å²) in [6.45, 7) is 6.85. The molecule has 7 heteroatoms. The van der Waals surface area contributed by atoms with Crippen molar-refractivity contribution < 1.29 is 23.8 Å². The second kappa shape index (κ2) is 12.7. The minimum atomic E-state index is -0.852. The summed E-state index contributed by atoms with van der Waals surface area (Å²) in [5, 5.41) is 2.96. The van der Waals surface area contributed by atoms with Gasteiger partial charge in [0.15, 0.2) is 17.7 Å². The molecule has 0 fully saturated rings. The van der Waals surface area contributed by atoms with Crippen molar-refractivity contribution in [1.29, 1.82) is 0 Å². The minimum absolute atomic E-state index is 0.0557. The number of carbonyl (C=O) groups is 2. The Morgan fingerprint density at radius 1 is 1.03 bits per heavy atom. The van der Waals surface area contributed by atoms with Gasteiger partial charge in [-0.05, 0) is 68.0 Å². The molecule has 1 unspecified atom stereocenters. The quantitative estimate of drug-likeness (QED) is 0.297. The van der Waals surface area contributed by atoms with E-state index in [0.29, 0.717) is 18.0 Å². The summed E-state index contributed by atoms with van der Waals surface area (Å²) in [4.78, 5) is 23.8. The van der Waals surface area contributed by atoms with Crippen LogP contribution in [-0.4, -0.2) is 38.4 Å². The number of methoxy groups -OCH3 is 1. The second-order valence-corrected chi connectivity index (χ2v) is 7.70. The van der Waals surface area contributed by atoms with E-state index in [0.717, 1.165) is 18.4 Å². The van der Waals surface area contributed by atoms with Crippen LogP contribution in [0.3, 0.4) is 0 Å². The van der Waals surface area contributed by atoms with Gasteiger partial charge < -0.3 is 19.5 Å². The maximum Gasteiger partial charge on any atom is 0.310 e. The lowest BCUT2D eigenvalue weighted by atomic mass is 10.0. The highest BCUT2D eigenvalue weighted by molar-refractivity contribution is 5.78. The van der Waals surface area contributed by atoms with Crippen molar-refractivity contribution >= 4 is 11.9 Å². The van der Waals surface area contributed by atoms with Crippen LogP contribution in [0.5, 0.6) is 11.5 Å². The largest absolute Gasteiger partial charge is 0.493 e. The van der Waals surface area contributed by atoms with Gasteiger partial charge in [-0.1, -0.05) is 24.3 Å². The zero-order chi connectivity index (χ0) is 23.5. The van der Waals surface area contributed by atoms with Crippen molar-refractivity contribution in [2.45, 2.75) is 52.7 Å². The Balaban J connectivity index is 1.82. The fourth-order valence-corrected chi connectivity index (χ4v) is 3.24. The van der Waals surface area contributed by atoms with Crippen LogP contribution in [0.25, 0.3) is 0 Å². The lowest BCUT2D eigenvalue weighted by molar-refractivity contribution is -0.144. The van der Waals surface area contributed by atoms with Crippen LogP contribution < -0.4 is 20.5 Å². The first-order valence-corrected chi connectivity index (χ1v) is 10.9. The van der Waals surface area contributed by atoms with Gasteiger partial charge >= 0.3 is 5.97 Å². The third-order valence-corrected chi connectivity index (χ3v) is 5.08. The third kappa shape index (κ3) is 8.23. The first-order valence-electron chi connectivity index (χ1n) is 10.9. The van der Waals surface area contributed by atoms with Crippen molar-refractivity contribution in [3.63, 3.8) is 0 Å². The van der Waals surface area contributed by atoms with Crippen molar-refractivity contribution in [3.8, 4) is 11.5 Å². The molecule has 32 heavy (non-hydrogen) atoms. The lowest BCUT2D eigenvalue weighted by Crippen LogP contribution is -2.31. The molecule has 0 aromatic heterocycles. The molecule has 174 valence electrons. The Morgan fingerprint density at radius 3 is 2.47 bits per heavy atom. The van der Waals surface area contributed by atoms with Crippen LogP contribution in [0.4, 0.5) is 0 Å². The average Bonchev–Trinajstić information content (AvgIpc) is 2.74. The Bertz CT molecular complexity index is 913. The van der Waals surface area contributed by atoms with E-state index in [2.05, 4.69) is 37.4 Å². The number of ether oxygens (including phenoxy) is 3. The van der Waals surface area contributed by atoms with Gasteiger partial charge in [0.25, 0.3) is 0 Å². The summed E-state index contributed by atoms with van der Waals surface area (Å²) >= 11 is 0. The molecule has 0 aliphatic carbocycles. The molecular formula is C25H34N2O5. The molecule has 1 amide bonds. The van der Waals surface area contributed by atoms with E-state index in [1.165, 1.54) is 23.8 Å². The predicted molar refractivity (Wildman–Crippen MR) is 124 cm³/mol. The molecular weight excluding hydrogens is 408 g/mol. The monoisotopic (exact) mass is 442 g/mol. The standard InChI is InChI=1S/C25H34N2O5/c1-5-31-25(29)16-23(26)32-21-11-10-20(14-22(21)30-4)15-24(28)27-12-6-7-19-9-8-17(2)18(3)13-19/h8-11,13-14,23H,5-7,12,15-16,26H2,1-4H3,(H,27,28). The van der Waals surface area contributed by atoms with Gasteiger partial charge in [-0.2, -0.15) is 0 Å². The molecule has 0 aliphatic rings. The van der Waals surface area contributed by atoms with Crippen molar-refractivity contribution in [2.24, 2.45) is 5.73 Å². The van der Waals surface area contributed by atoms with Gasteiger partial charge in [-0.15, -0.1) is 0 Å². The number of hydrogen-bond acceptors (Lipinski definition) is 6. The van der Waals surface area contributed by atoms with Crippen LogP contribution >= 0.6 is 0 Å². The number of carbonyl (C=O) groups excluding carboxylic acids is 2. The fourth-order valence-electron chi connectivity index (χ4n) is 3.24. The van der Waals surface area contributed by atoms with Gasteiger partial charge in [0.2, 0.25) is 5.91 Å². The zero-order valence-corrected chi connectivity index (χ0v) is 19.4. The normalized spacial score (nSPS) is 11.5. The minimum Gasteiger partial charge on any atom is -0.493 e. The van der Waals surface area contributed by atoms with Gasteiger partial charge in [-0.3, -0.25) is 15.3 Å². The summed E-state index contributed by atoms with van der Waals surface area (Å²) in [5.74, 6) is 0.371. The number of nitrogens with one attached hydrogen (secondary N) is 1. The molecule has 2 aromatic carbocycles. The van der Waals surface area contributed by atoms with Gasteiger partial charge in [0.1, 0.15) is 0 Å². The maximum atomic E-state index is 12.3. The Labute approximate surface area is 190 Å². The highest BCUT2D eigenvalue weighted by atomic mass is 16.5. The Morgan fingerprint density at radius 2 is 1.78 bits per heavy atom. The van der Waals surface area contributed by atoms with Crippen LogP contribution in [-0.2, 0) is 27.2 Å².